The molecule has 6 heteroatoms. The van der Waals surface area contributed by atoms with E-state index in [0.717, 1.165) is 18.4 Å². The molecule has 1 aliphatic carbocycles. The maximum absolute atomic E-state index is 10.7. The van der Waals surface area contributed by atoms with Crippen molar-refractivity contribution in [2.75, 3.05) is 0 Å². The van der Waals surface area contributed by atoms with Crippen LogP contribution in [0, 0.1) is 0 Å². The third kappa shape index (κ3) is 2.78. The number of thiophene rings is 1. The molecule has 0 aliphatic heterocycles. The van der Waals surface area contributed by atoms with Crippen molar-refractivity contribution in [3.63, 3.8) is 0 Å². The molecule has 0 fully saturated rings. The molecule has 1 heterocycles. The van der Waals surface area contributed by atoms with E-state index >= 15 is 0 Å². The number of rotatable bonds is 3. The Labute approximate surface area is 93.3 Å². The molecule has 1 aromatic heterocycles. The second kappa shape index (κ2) is 4.21. The predicted octanol–water partition coefficient (Wildman–Crippen LogP) is 1.35. The van der Waals surface area contributed by atoms with E-state index < -0.39 is 10.3 Å². The molecule has 4 nitrogen and oxygen atoms in total. The predicted molar refractivity (Wildman–Crippen MR) is 58.9 cm³/mol. The van der Waals surface area contributed by atoms with Gasteiger partial charge >= 0.3 is 10.3 Å². The quantitative estimate of drug-likeness (QED) is 0.876. The monoisotopic (exact) mass is 247 g/mol. The van der Waals surface area contributed by atoms with Gasteiger partial charge in [0.15, 0.2) is 0 Å². The zero-order valence-corrected chi connectivity index (χ0v) is 9.86. The fourth-order valence-electron chi connectivity index (χ4n) is 1.83. The van der Waals surface area contributed by atoms with E-state index in [1.54, 1.807) is 11.3 Å². The Morgan fingerprint density at radius 3 is 2.87 bits per heavy atom. The molecule has 0 atom stereocenters. The molecular weight excluding hydrogens is 234 g/mol. The minimum absolute atomic E-state index is 0.0741. The van der Waals surface area contributed by atoms with Gasteiger partial charge in [-0.25, -0.2) is 5.14 Å². The zero-order valence-electron chi connectivity index (χ0n) is 8.23. The summed E-state index contributed by atoms with van der Waals surface area (Å²) >= 11 is 1.69. The van der Waals surface area contributed by atoms with E-state index in [1.807, 2.05) is 5.38 Å². The van der Waals surface area contributed by atoms with Crippen LogP contribution in [0.25, 0.3) is 0 Å². The van der Waals surface area contributed by atoms with Crippen molar-refractivity contribution in [3.8, 4) is 0 Å². The highest BCUT2D eigenvalue weighted by Crippen LogP contribution is 2.30. The lowest BCUT2D eigenvalue weighted by Crippen LogP contribution is -2.16. The maximum atomic E-state index is 10.7. The summed E-state index contributed by atoms with van der Waals surface area (Å²) in [6.45, 7) is 0.0741. The van der Waals surface area contributed by atoms with Crippen LogP contribution in [0.5, 0.6) is 0 Å². The van der Waals surface area contributed by atoms with Gasteiger partial charge in [0.05, 0.1) is 6.61 Å². The topological polar surface area (TPSA) is 69.4 Å². The van der Waals surface area contributed by atoms with E-state index in [1.165, 1.54) is 23.3 Å². The molecule has 0 aromatic carbocycles. The summed E-state index contributed by atoms with van der Waals surface area (Å²) < 4.78 is 25.9. The molecule has 0 amide bonds. The number of nitrogens with two attached hydrogens (primary N) is 1. The summed E-state index contributed by atoms with van der Waals surface area (Å²) in [4.78, 5) is 1.37. The minimum Gasteiger partial charge on any atom is -0.253 e. The first kappa shape index (κ1) is 11.1. The molecule has 2 rings (SSSR count). The fourth-order valence-corrected chi connectivity index (χ4v) is 3.25. The molecule has 84 valence electrons. The number of aryl methyl sites for hydroxylation is 1. The highest BCUT2D eigenvalue weighted by molar-refractivity contribution is 7.84. The van der Waals surface area contributed by atoms with Crippen LogP contribution in [0.3, 0.4) is 0 Å². The minimum atomic E-state index is -3.82. The Balaban J connectivity index is 2.12. The smallest absolute Gasteiger partial charge is 0.253 e. The first-order valence-corrected chi connectivity index (χ1v) is 7.16. The third-order valence-electron chi connectivity index (χ3n) is 2.53. The average Bonchev–Trinajstić information content (AvgIpc) is 2.57. The third-order valence-corrected chi connectivity index (χ3v) is 4.11. The zero-order chi connectivity index (χ0) is 10.9. The number of fused-ring (bicyclic) bond motifs is 1. The highest BCUT2D eigenvalue weighted by atomic mass is 32.2. The van der Waals surface area contributed by atoms with Crippen molar-refractivity contribution in [3.05, 3.63) is 21.4 Å². The Hall–Kier alpha value is -0.430. The summed E-state index contributed by atoms with van der Waals surface area (Å²) in [5.74, 6) is 0. The molecule has 0 radical (unpaired) electrons. The molecule has 0 spiro atoms. The van der Waals surface area contributed by atoms with Crippen molar-refractivity contribution >= 4 is 21.6 Å². The van der Waals surface area contributed by atoms with Gasteiger partial charge in [0.25, 0.3) is 0 Å². The number of hydrogen-bond acceptors (Lipinski definition) is 4. The van der Waals surface area contributed by atoms with Crippen LogP contribution < -0.4 is 5.14 Å². The Kier molecular flexibility index (Phi) is 3.11. The maximum Gasteiger partial charge on any atom is 0.333 e. The van der Waals surface area contributed by atoms with Crippen molar-refractivity contribution < 1.29 is 12.6 Å². The summed E-state index contributed by atoms with van der Waals surface area (Å²) in [6, 6.07) is 0. The molecule has 0 saturated carbocycles. The van der Waals surface area contributed by atoms with Crippen molar-refractivity contribution in [2.24, 2.45) is 5.14 Å². The summed E-state index contributed by atoms with van der Waals surface area (Å²) in [6.07, 6.45) is 4.53. The van der Waals surface area contributed by atoms with Gasteiger partial charge in [-0.05, 0) is 42.2 Å². The van der Waals surface area contributed by atoms with Crippen LogP contribution in [0.2, 0.25) is 0 Å². The first-order chi connectivity index (χ1) is 7.06. The lowest BCUT2D eigenvalue weighted by molar-refractivity contribution is 0.307. The Bertz CT molecular complexity index is 450. The van der Waals surface area contributed by atoms with E-state index in [2.05, 4.69) is 4.18 Å². The van der Waals surface area contributed by atoms with Crippen molar-refractivity contribution in [1.29, 1.82) is 0 Å². The Morgan fingerprint density at radius 1 is 1.40 bits per heavy atom. The molecule has 15 heavy (non-hydrogen) atoms. The molecule has 0 bridgehead atoms. The average molecular weight is 247 g/mol. The Morgan fingerprint density at radius 2 is 2.13 bits per heavy atom. The summed E-state index contributed by atoms with van der Waals surface area (Å²) in [5.41, 5.74) is 2.25. The van der Waals surface area contributed by atoms with Crippen LogP contribution in [0.15, 0.2) is 5.38 Å². The normalized spacial score (nSPS) is 16.3. The second-order valence-corrected chi connectivity index (χ2v) is 5.81. The first-order valence-electron chi connectivity index (χ1n) is 4.81. The van der Waals surface area contributed by atoms with E-state index in [9.17, 15) is 8.42 Å². The van der Waals surface area contributed by atoms with Gasteiger partial charge in [0.2, 0.25) is 0 Å². The van der Waals surface area contributed by atoms with Gasteiger partial charge < -0.3 is 0 Å². The summed E-state index contributed by atoms with van der Waals surface area (Å²) in [7, 11) is -3.82. The molecular formula is C9H13NO3S2. The SMILES string of the molecule is NS(=O)(=O)OCc1csc2c1CCCC2. The van der Waals surface area contributed by atoms with Gasteiger partial charge in [-0.1, -0.05) is 0 Å². The lowest BCUT2D eigenvalue weighted by atomic mass is 9.96. The van der Waals surface area contributed by atoms with Gasteiger partial charge in [-0.2, -0.15) is 8.42 Å². The van der Waals surface area contributed by atoms with Crippen LogP contribution in [-0.4, -0.2) is 8.42 Å². The van der Waals surface area contributed by atoms with E-state index in [4.69, 9.17) is 5.14 Å². The molecule has 1 aliphatic rings. The molecule has 2 N–H and O–H groups in total. The second-order valence-electron chi connectivity index (χ2n) is 3.62. The molecule has 1 aromatic rings. The molecule has 0 saturated heterocycles. The fraction of sp³-hybridized carbons (Fsp3) is 0.556. The van der Waals surface area contributed by atoms with Gasteiger partial charge in [-0.15, -0.1) is 11.3 Å². The van der Waals surface area contributed by atoms with Crippen LogP contribution in [0.1, 0.15) is 28.8 Å². The van der Waals surface area contributed by atoms with E-state index in [-0.39, 0.29) is 6.61 Å². The van der Waals surface area contributed by atoms with Gasteiger partial charge in [0, 0.05) is 4.88 Å². The number of hydrogen-bond donors (Lipinski definition) is 1. The standard InChI is InChI=1S/C9H13NO3S2/c10-15(11,12)13-5-7-6-14-9-4-2-1-3-8(7)9/h6H,1-5H2,(H2,10,11,12). The van der Waals surface area contributed by atoms with Gasteiger partial charge in [0.1, 0.15) is 0 Å². The largest absolute Gasteiger partial charge is 0.333 e. The van der Waals surface area contributed by atoms with Crippen LogP contribution in [0.4, 0.5) is 0 Å². The van der Waals surface area contributed by atoms with Crippen LogP contribution in [-0.2, 0) is 33.9 Å². The highest BCUT2D eigenvalue weighted by Gasteiger charge is 2.16. The van der Waals surface area contributed by atoms with Crippen molar-refractivity contribution in [1.82, 2.24) is 0 Å². The van der Waals surface area contributed by atoms with Crippen molar-refractivity contribution in [2.45, 2.75) is 32.3 Å². The van der Waals surface area contributed by atoms with Crippen LogP contribution >= 0.6 is 11.3 Å². The van der Waals surface area contributed by atoms with Gasteiger partial charge in [-0.3, -0.25) is 4.18 Å². The molecule has 0 unspecified atom stereocenters. The lowest BCUT2D eigenvalue weighted by Gasteiger charge is -2.12. The summed E-state index contributed by atoms with van der Waals surface area (Å²) in [5, 5.41) is 6.75. The van der Waals surface area contributed by atoms with E-state index in [0.29, 0.717) is 0 Å².